The van der Waals surface area contributed by atoms with Crippen molar-refractivity contribution in [2.75, 3.05) is 0 Å². The number of nitrogens with zero attached hydrogens (tertiary/aromatic N) is 3. The van der Waals surface area contributed by atoms with Gasteiger partial charge in [-0.2, -0.15) is 13.2 Å². The van der Waals surface area contributed by atoms with E-state index in [4.69, 9.17) is 0 Å². The van der Waals surface area contributed by atoms with Gasteiger partial charge in [-0.05, 0) is 6.07 Å². The van der Waals surface area contributed by atoms with E-state index in [9.17, 15) is 27.6 Å². The van der Waals surface area contributed by atoms with Crippen molar-refractivity contribution in [1.82, 2.24) is 13.7 Å². The van der Waals surface area contributed by atoms with Gasteiger partial charge in [-0.3, -0.25) is 18.7 Å². The van der Waals surface area contributed by atoms with Crippen molar-refractivity contribution in [1.29, 1.82) is 0 Å². The van der Waals surface area contributed by atoms with E-state index in [1.54, 1.807) is 0 Å². The largest absolute Gasteiger partial charge is 0.417 e. The summed E-state index contributed by atoms with van der Waals surface area (Å²) in [5.41, 5.74) is -2.74. The Labute approximate surface area is 121 Å². The van der Waals surface area contributed by atoms with Crippen LogP contribution in [0.3, 0.4) is 0 Å². The molecule has 0 saturated carbocycles. The summed E-state index contributed by atoms with van der Waals surface area (Å²) < 4.78 is 40.8. The molecule has 6 nitrogen and oxygen atoms in total. The molecule has 118 valence electrons. The van der Waals surface area contributed by atoms with Crippen LogP contribution >= 0.6 is 0 Å². The highest BCUT2D eigenvalue weighted by Crippen LogP contribution is 2.28. The highest BCUT2D eigenvalue weighted by Gasteiger charge is 2.31. The van der Waals surface area contributed by atoms with Crippen molar-refractivity contribution < 1.29 is 13.2 Å². The standard InChI is InChI=1S/C13H12F3N3O3/c1-17-9(5-11(21)18(2)12(17)22)7-19-6-8(13(14,15)16)3-4-10(19)20/h3-6H,7H2,1-2H3. The number of hydrogen-bond acceptors (Lipinski definition) is 3. The zero-order valence-corrected chi connectivity index (χ0v) is 11.7. The Hall–Kier alpha value is -2.58. The van der Waals surface area contributed by atoms with Crippen LogP contribution in [0, 0.1) is 0 Å². The lowest BCUT2D eigenvalue weighted by Crippen LogP contribution is -2.39. The molecule has 22 heavy (non-hydrogen) atoms. The minimum Gasteiger partial charge on any atom is -0.309 e. The summed E-state index contributed by atoms with van der Waals surface area (Å²) in [5, 5.41) is 0. The summed E-state index contributed by atoms with van der Waals surface area (Å²) in [6.07, 6.45) is -3.93. The average molecular weight is 315 g/mol. The first-order chi connectivity index (χ1) is 10.1. The SMILES string of the molecule is Cn1c(Cn2cc(C(F)(F)F)ccc2=O)cc(=O)n(C)c1=O. The van der Waals surface area contributed by atoms with Gasteiger partial charge in [-0.1, -0.05) is 0 Å². The highest BCUT2D eigenvalue weighted by atomic mass is 19.4. The first-order valence-electron chi connectivity index (χ1n) is 6.15. The fraction of sp³-hybridized carbons (Fsp3) is 0.308. The molecule has 0 bridgehead atoms. The Kier molecular flexibility index (Phi) is 3.82. The van der Waals surface area contributed by atoms with Crippen LogP contribution in [0.15, 0.2) is 38.8 Å². The van der Waals surface area contributed by atoms with Gasteiger partial charge in [0.25, 0.3) is 11.1 Å². The molecule has 0 saturated heterocycles. The van der Waals surface area contributed by atoms with Gasteiger partial charge in [0.1, 0.15) is 0 Å². The second-order valence-corrected chi connectivity index (χ2v) is 4.76. The van der Waals surface area contributed by atoms with Gasteiger partial charge >= 0.3 is 11.9 Å². The number of hydrogen-bond donors (Lipinski definition) is 0. The second kappa shape index (κ2) is 5.32. The summed E-state index contributed by atoms with van der Waals surface area (Å²) in [4.78, 5) is 35.0. The molecule has 2 aromatic rings. The lowest BCUT2D eigenvalue weighted by Gasteiger charge is -2.13. The van der Waals surface area contributed by atoms with E-state index in [2.05, 4.69) is 0 Å². The van der Waals surface area contributed by atoms with Crippen LogP contribution < -0.4 is 16.8 Å². The Morgan fingerprint density at radius 3 is 2.23 bits per heavy atom. The number of pyridine rings is 1. The van der Waals surface area contributed by atoms with Gasteiger partial charge in [0.2, 0.25) is 0 Å². The third-order valence-electron chi connectivity index (χ3n) is 3.27. The molecule has 0 spiro atoms. The van der Waals surface area contributed by atoms with E-state index in [-0.39, 0.29) is 12.2 Å². The summed E-state index contributed by atoms with van der Waals surface area (Å²) in [7, 11) is 2.65. The van der Waals surface area contributed by atoms with Crippen molar-refractivity contribution >= 4 is 0 Å². The lowest BCUT2D eigenvalue weighted by molar-refractivity contribution is -0.138. The maximum Gasteiger partial charge on any atom is 0.417 e. The number of halogens is 3. The first-order valence-corrected chi connectivity index (χ1v) is 6.15. The van der Waals surface area contributed by atoms with Crippen LogP contribution in [0.4, 0.5) is 13.2 Å². The minimum atomic E-state index is -4.59. The van der Waals surface area contributed by atoms with Crippen LogP contribution in [0.1, 0.15) is 11.3 Å². The quantitative estimate of drug-likeness (QED) is 0.801. The maximum absolute atomic E-state index is 12.7. The molecule has 0 amide bonds. The monoisotopic (exact) mass is 315 g/mol. The Morgan fingerprint density at radius 2 is 1.64 bits per heavy atom. The van der Waals surface area contributed by atoms with Crippen molar-refractivity contribution in [2.24, 2.45) is 14.1 Å². The Morgan fingerprint density at radius 1 is 1.00 bits per heavy atom. The molecule has 2 rings (SSSR count). The first kappa shape index (κ1) is 15.8. The van der Waals surface area contributed by atoms with E-state index in [1.807, 2.05) is 0 Å². The molecule has 0 aromatic carbocycles. The van der Waals surface area contributed by atoms with Crippen LogP contribution in [0.2, 0.25) is 0 Å². The zero-order valence-electron chi connectivity index (χ0n) is 11.7. The van der Waals surface area contributed by atoms with E-state index in [1.165, 1.54) is 14.1 Å². The number of alkyl halides is 3. The molecule has 9 heteroatoms. The van der Waals surface area contributed by atoms with Crippen LogP contribution in [0.25, 0.3) is 0 Å². The normalized spacial score (nSPS) is 11.7. The molecule has 0 aliphatic carbocycles. The minimum absolute atomic E-state index is 0.134. The fourth-order valence-electron chi connectivity index (χ4n) is 1.93. The molecule has 0 N–H and O–H groups in total. The second-order valence-electron chi connectivity index (χ2n) is 4.76. The Bertz CT molecular complexity index is 890. The topological polar surface area (TPSA) is 66.0 Å². The van der Waals surface area contributed by atoms with Crippen LogP contribution in [0.5, 0.6) is 0 Å². The Balaban J connectivity index is 2.55. The van der Waals surface area contributed by atoms with Gasteiger partial charge in [-0.15, -0.1) is 0 Å². The van der Waals surface area contributed by atoms with Crippen LogP contribution in [-0.4, -0.2) is 13.7 Å². The van der Waals surface area contributed by atoms with Gasteiger partial charge in [-0.25, -0.2) is 4.79 Å². The van der Waals surface area contributed by atoms with Crippen molar-refractivity contribution in [3.05, 3.63) is 66.8 Å². The summed E-state index contributed by atoms with van der Waals surface area (Å²) >= 11 is 0. The van der Waals surface area contributed by atoms with Gasteiger partial charge < -0.3 is 4.57 Å². The zero-order chi connectivity index (χ0) is 16.7. The summed E-state index contributed by atoms with van der Waals surface area (Å²) in [5.74, 6) is 0. The average Bonchev–Trinajstić information content (AvgIpc) is 2.43. The third kappa shape index (κ3) is 2.87. The molecule has 0 aliphatic rings. The predicted molar refractivity (Wildman–Crippen MR) is 71.7 cm³/mol. The van der Waals surface area contributed by atoms with E-state index >= 15 is 0 Å². The number of aromatic nitrogens is 3. The highest BCUT2D eigenvalue weighted by molar-refractivity contribution is 5.15. The molecule has 0 aliphatic heterocycles. The molecule has 2 aromatic heterocycles. The molecular weight excluding hydrogens is 303 g/mol. The van der Waals surface area contributed by atoms with E-state index in [0.29, 0.717) is 12.3 Å². The fourth-order valence-corrected chi connectivity index (χ4v) is 1.93. The van der Waals surface area contributed by atoms with E-state index < -0.39 is 28.5 Å². The molecule has 0 radical (unpaired) electrons. The van der Waals surface area contributed by atoms with Crippen molar-refractivity contribution in [3.8, 4) is 0 Å². The maximum atomic E-state index is 12.7. The van der Waals surface area contributed by atoms with E-state index in [0.717, 1.165) is 25.8 Å². The molecule has 2 heterocycles. The lowest BCUT2D eigenvalue weighted by atomic mass is 10.2. The van der Waals surface area contributed by atoms with Gasteiger partial charge in [0, 0.05) is 38.1 Å². The van der Waals surface area contributed by atoms with Crippen LogP contribution in [-0.2, 0) is 26.8 Å². The molecule has 0 fully saturated rings. The number of rotatable bonds is 2. The van der Waals surface area contributed by atoms with Gasteiger partial charge in [0.05, 0.1) is 12.1 Å². The van der Waals surface area contributed by atoms with Crippen molar-refractivity contribution in [3.63, 3.8) is 0 Å². The molecule has 0 atom stereocenters. The summed E-state index contributed by atoms with van der Waals surface area (Å²) in [6, 6.07) is 2.58. The molecular formula is C13H12F3N3O3. The smallest absolute Gasteiger partial charge is 0.309 e. The third-order valence-corrected chi connectivity index (χ3v) is 3.27. The van der Waals surface area contributed by atoms with Crippen molar-refractivity contribution in [2.45, 2.75) is 12.7 Å². The predicted octanol–water partition coefficient (Wildman–Crippen LogP) is 0.313. The molecule has 0 unspecified atom stereocenters. The van der Waals surface area contributed by atoms with Gasteiger partial charge in [0.15, 0.2) is 0 Å². The summed E-state index contributed by atoms with van der Waals surface area (Å²) in [6.45, 7) is -0.315.